The van der Waals surface area contributed by atoms with Gasteiger partial charge in [-0.25, -0.2) is 12.8 Å². The van der Waals surface area contributed by atoms with Crippen LogP contribution in [0.4, 0.5) is 10.1 Å². The number of carbonyl (C=O) groups is 1. The summed E-state index contributed by atoms with van der Waals surface area (Å²) in [6.45, 7) is 0. The molecule has 0 bridgehead atoms. The van der Waals surface area contributed by atoms with Crippen LogP contribution < -0.4 is 15.2 Å². The molecule has 9 heteroatoms. The van der Waals surface area contributed by atoms with Crippen molar-refractivity contribution in [2.45, 2.75) is 17.7 Å². The lowest BCUT2D eigenvalue weighted by Crippen LogP contribution is -2.22. The largest absolute Gasteiger partial charge is 0.495 e. The van der Waals surface area contributed by atoms with Gasteiger partial charge in [0.15, 0.2) is 0 Å². The monoisotopic (exact) mass is 429 g/mol. The van der Waals surface area contributed by atoms with Crippen LogP contribution in [0, 0.1) is 5.82 Å². The predicted molar refractivity (Wildman–Crippen MR) is 110 cm³/mol. The van der Waals surface area contributed by atoms with Crippen LogP contribution in [0.15, 0.2) is 65.8 Å². The van der Waals surface area contributed by atoms with Gasteiger partial charge in [-0.3, -0.25) is 14.5 Å². The zero-order valence-corrected chi connectivity index (χ0v) is 16.9. The first-order chi connectivity index (χ1) is 14.3. The third-order valence-electron chi connectivity index (χ3n) is 4.45. The Hall–Kier alpha value is -3.46. The summed E-state index contributed by atoms with van der Waals surface area (Å²) in [6, 6.07) is 12.2. The minimum Gasteiger partial charge on any atom is -0.495 e. The van der Waals surface area contributed by atoms with Crippen LogP contribution in [0.25, 0.3) is 0 Å². The highest BCUT2D eigenvalue weighted by Gasteiger charge is 2.25. The summed E-state index contributed by atoms with van der Waals surface area (Å²) >= 11 is 0. The second-order valence-electron chi connectivity index (χ2n) is 6.47. The molecule has 0 fully saturated rings. The van der Waals surface area contributed by atoms with Crippen LogP contribution in [0.1, 0.15) is 21.5 Å². The standard InChI is InChI=1S/C21H20FN3O4S/c1-29-17-11-16(12-24-13-17)25-30(27,28)20-15(6-4-7-18(20)21(23)26)10-9-14-5-2-3-8-19(14)22/h2-8,11-13,25H,9-10H2,1H3,(H2,23,26). The zero-order valence-electron chi connectivity index (χ0n) is 16.1. The molecule has 1 amide bonds. The zero-order chi connectivity index (χ0) is 21.7. The van der Waals surface area contributed by atoms with Crippen molar-refractivity contribution in [2.75, 3.05) is 11.8 Å². The van der Waals surface area contributed by atoms with E-state index in [2.05, 4.69) is 9.71 Å². The number of sulfonamides is 1. The van der Waals surface area contributed by atoms with E-state index in [0.717, 1.165) is 0 Å². The number of methoxy groups -OCH3 is 1. The summed E-state index contributed by atoms with van der Waals surface area (Å²) < 4.78 is 47.8. The Kier molecular flexibility index (Phi) is 6.31. The summed E-state index contributed by atoms with van der Waals surface area (Å²) in [5.41, 5.74) is 6.22. The van der Waals surface area contributed by atoms with Crippen LogP contribution in [0.5, 0.6) is 5.75 Å². The average Bonchev–Trinajstić information content (AvgIpc) is 2.72. The number of rotatable bonds is 8. The van der Waals surface area contributed by atoms with E-state index in [0.29, 0.717) is 16.9 Å². The van der Waals surface area contributed by atoms with Crippen molar-refractivity contribution in [3.8, 4) is 5.75 Å². The number of benzene rings is 2. The van der Waals surface area contributed by atoms with Crippen molar-refractivity contribution in [3.63, 3.8) is 0 Å². The first-order valence-electron chi connectivity index (χ1n) is 8.99. The fourth-order valence-electron chi connectivity index (χ4n) is 3.06. The molecule has 0 spiro atoms. The molecule has 0 saturated carbocycles. The third kappa shape index (κ3) is 4.74. The summed E-state index contributed by atoms with van der Waals surface area (Å²) in [4.78, 5) is 15.6. The van der Waals surface area contributed by atoms with E-state index in [1.54, 1.807) is 30.3 Å². The molecular weight excluding hydrogens is 409 g/mol. The second-order valence-corrected chi connectivity index (χ2v) is 8.09. The maximum absolute atomic E-state index is 14.0. The molecule has 156 valence electrons. The number of aryl methyl sites for hydroxylation is 2. The summed E-state index contributed by atoms with van der Waals surface area (Å²) in [5, 5.41) is 0. The molecule has 0 radical (unpaired) electrons. The normalized spacial score (nSPS) is 11.1. The van der Waals surface area contributed by atoms with Crippen LogP contribution in [-0.4, -0.2) is 26.4 Å². The number of pyridine rings is 1. The van der Waals surface area contributed by atoms with Crippen molar-refractivity contribution in [3.05, 3.63) is 83.4 Å². The second kappa shape index (κ2) is 8.91. The third-order valence-corrected chi connectivity index (χ3v) is 5.98. The number of amides is 1. The minimum atomic E-state index is -4.20. The topological polar surface area (TPSA) is 111 Å². The Morgan fingerprint density at radius 3 is 2.50 bits per heavy atom. The van der Waals surface area contributed by atoms with E-state index in [1.807, 2.05) is 0 Å². The van der Waals surface area contributed by atoms with E-state index < -0.39 is 15.9 Å². The molecule has 0 aliphatic carbocycles. The summed E-state index contributed by atoms with van der Waals surface area (Å²) in [5.74, 6) is -0.904. The average molecular weight is 429 g/mol. The van der Waals surface area contributed by atoms with Gasteiger partial charge in [-0.15, -0.1) is 0 Å². The van der Waals surface area contributed by atoms with Gasteiger partial charge in [0, 0.05) is 6.07 Å². The van der Waals surface area contributed by atoms with E-state index in [4.69, 9.17) is 10.5 Å². The molecule has 0 aliphatic heterocycles. The van der Waals surface area contributed by atoms with Crippen molar-refractivity contribution >= 4 is 21.6 Å². The number of carbonyl (C=O) groups excluding carboxylic acids is 1. The number of nitrogens with one attached hydrogen (secondary N) is 1. The van der Waals surface area contributed by atoms with E-state index in [1.165, 1.54) is 37.7 Å². The Labute approximate surface area is 173 Å². The molecule has 7 nitrogen and oxygen atoms in total. The molecule has 3 aromatic rings. The van der Waals surface area contributed by atoms with Crippen LogP contribution in [0.3, 0.4) is 0 Å². The molecule has 0 unspecified atom stereocenters. The predicted octanol–water partition coefficient (Wildman–Crippen LogP) is 2.91. The number of hydrogen-bond donors (Lipinski definition) is 2. The molecule has 1 heterocycles. The number of primary amides is 1. The molecule has 0 aliphatic rings. The molecule has 0 saturated heterocycles. The number of nitrogens with two attached hydrogens (primary N) is 1. The van der Waals surface area contributed by atoms with Gasteiger partial charge in [-0.2, -0.15) is 0 Å². The SMILES string of the molecule is COc1cncc(NS(=O)(=O)c2c(CCc3ccccc3F)cccc2C(N)=O)c1. The quantitative estimate of drug-likeness (QED) is 0.572. The highest BCUT2D eigenvalue weighted by Crippen LogP contribution is 2.26. The van der Waals surface area contributed by atoms with Gasteiger partial charge in [-0.1, -0.05) is 30.3 Å². The Balaban J connectivity index is 2.00. The first kappa shape index (κ1) is 21.3. The number of anilines is 1. The molecule has 30 heavy (non-hydrogen) atoms. The smallest absolute Gasteiger partial charge is 0.263 e. The number of nitrogens with zero attached hydrogens (tertiary/aromatic N) is 1. The number of aromatic nitrogens is 1. The molecular formula is C21H20FN3O4S. The lowest BCUT2D eigenvalue weighted by atomic mass is 10.0. The molecule has 3 rings (SSSR count). The number of halogens is 1. The van der Waals surface area contributed by atoms with Crippen molar-refractivity contribution < 1.29 is 22.3 Å². The van der Waals surface area contributed by atoms with Crippen molar-refractivity contribution in [1.82, 2.24) is 4.98 Å². The number of ether oxygens (including phenoxy) is 1. The first-order valence-corrected chi connectivity index (χ1v) is 10.5. The van der Waals surface area contributed by atoms with Gasteiger partial charge in [0.1, 0.15) is 16.5 Å². The maximum atomic E-state index is 14.0. The molecule has 0 atom stereocenters. The molecule has 1 aromatic heterocycles. The van der Waals surface area contributed by atoms with Gasteiger partial charge in [0.05, 0.1) is 30.8 Å². The molecule has 3 N–H and O–H groups in total. The van der Waals surface area contributed by atoms with Gasteiger partial charge in [-0.05, 0) is 36.1 Å². The highest BCUT2D eigenvalue weighted by atomic mass is 32.2. The fraction of sp³-hybridized carbons (Fsp3) is 0.143. The van der Waals surface area contributed by atoms with Gasteiger partial charge in [0.2, 0.25) is 5.91 Å². The van der Waals surface area contributed by atoms with Crippen molar-refractivity contribution in [2.24, 2.45) is 5.73 Å². The summed E-state index contributed by atoms with van der Waals surface area (Å²) in [7, 11) is -2.77. The van der Waals surface area contributed by atoms with E-state index in [9.17, 15) is 17.6 Å². The van der Waals surface area contributed by atoms with Crippen LogP contribution >= 0.6 is 0 Å². The van der Waals surface area contributed by atoms with Crippen molar-refractivity contribution in [1.29, 1.82) is 0 Å². The van der Waals surface area contributed by atoms with Gasteiger partial charge in [0.25, 0.3) is 10.0 Å². The highest BCUT2D eigenvalue weighted by molar-refractivity contribution is 7.92. The van der Waals surface area contributed by atoms with E-state index in [-0.39, 0.29) is 34.8 Å². The fourth-order valence-corrected chi connectivity index (χ4v) is 4.55. The van der Waals surface area contributed by atoms with Gasteiger partial charge < -0.3 is 10.5 Å². The molecule has 2 aromatic carbocycles. The Morgan fingerprint density at radius 1 is 1.10 bits per heavy atom. The number of hydrogen-bond acceptors (Lipinski definition) is 5. The van der Waals surface area contributed by atoms with Crippen LogP contribution in [0.2, 0.25) is 0 Å². The summed E-state index contributed by atoms with van der Waals surface area (Å²) in [6.07, 6.45) is 3.17. The van der Waals surface area contributed by atoms with E-state index >= 15 is 0 Å². The minimum absolute atomic E-state index is 0.149. The lowest BCUT2D eigenvalue weighted by Gasteiger charge is -2.15. The van der Waals surface area contributed by atoms with Gasteiger partial charge >= 0.3 is 0 Å². The maximum Gasteiger partial charge on any atom is 0.263 e. The van der Waals surface area contributed by atoms with Crippen LogP contribution in [-0.2, 0) is 22.9 Å². The Morgan fingerprint density at radius 2 is 1.80 bits per heavy atom. The Bertz CT molecular complexity index is 1180. The lowest BCUT2D eigenvalue weighted by molar-refractivity contribution is 0.0997.